The number of aromatic nitrogens is 5. The van der Waals surface area contributed by atoms with Crippen LogP contribution in [-0.4, -0.2) is 28.2 Å². The highest BCUT2D eigenvalue weighted by molar-refractivity contribution is 5.75. The molecule has 10 heteroatoms. The average Bonchev–Trinajstić information content (AvgIpc) is 3.24. The molecular formula is C24H20FN5O4. The zero-order valence-electron chi connectivity index (χ0n) is 18.4. The summed E-state index contributed by atoms with van der Waals surface area (Å²) in [6, 6.07) is 14.8. The summed E-state index contributed by atoms with van der Waals surface area (Å²) in [5.74, 6) is -0.729. The number of nitrogens with zero attached hydrogens (tertiary/aromatic N) is 5. The largest absolute Gasteiger partial charge is 0.494 e. The first kappa shape index (κ1) is 21.4. The summed E-state index contributed by atoms with van der Waals surface area (Å²) in [6.45, 7) is 0.0509. The van der Waals surface area contributed by atoms with Gasteiger partial charge in [-0.05, 0) is 23.3 Å². The van der Waals surface area contributed by atoms with Gasteiger partial charge in [-0.3, -0.25) is 23.3 Å². The molecule has 1 N–H and O–H groups in total. The van der Waals surface area contributed by atoms with Crippen molar-refractivity contribution in [2.75, 3.05) is 0 Å². The van der Waals surface area contributed by atoms with Crippen LogP contribution in [0.3, 0.4) is 0 Å². The Bertz CT molecular complexity index is 1750. The van der Waals surface area contributed by atoms with E-state index in [1.807, 2.05) is 30.3 Å². The molecule has 0 aliphatic rings. The molecule has 0 atom stereocenters. The molecule has 5 rings (SSSR count). The predicted octanol–water partition coefficient (Wildman–Crippen LogP) is 1.53. The van der Waals surface area contributed by atoms with Gasteiger partial charge in [0.15, 0.2) is 11.2 Å². The van der Waals surface area contributed by atoms with Crippen LogP contribution in [-0.2, 0) is 27.1 Å². The summed E-state index contributed by atoms with van der Waals surface area (Å²) >= 11 is 0. The van der Waals surface area contributed by atoms with Crippen molar-refractivity contribution in [3.8, 4) is 5.88 Å². The number of aromatic hydroxyl groups is 1. The van der Waals surface area contributed by atoms with Crippen molar-refractivity contribution in [3.63, 3.8) is 0 Å². The van der Waals surface area contributed by atoms with E-state index in [-0.39, 0.29) is 41.4 Å². The molecule has 0 amide bonds. The summed E-state index contributed by atoms with van der Waals surface area (Å²) in [5, 5.41) is 11.2. The second-order valence-corrected chi connectivity index (χ2v) is 8.11. The van der Waals surface area contributed by atoms with Crippen LogP contribution in [0.2, 0.25) is 0 Å². The third kappa shape index (κ3) is 3.22. The van der Waals surface area contributed by atoms with Gasteiger partial charge in [-0.2, -0.15) is 4.98 Å². The van der Waals surface area contributed by atoms with Gasteiger partial charge in [0, 0.05) is 20.5 Å². The van der Waals surface area contributed by atoms with Crippen molar-refractivity contribution < 1.29 is 9.50 Å². The SMILES string of the molecule is Cn1c(=O)c2c(nc3n(Cc4ccc(F)cc4)c(O)c(Cc4ccccc4)c(=O)n23)n(C)c1=O. The van der Waals surface area contributed by atoms with E-state index in [4.69, 9.17) is 0 Å². The smallest absolute Gasteiger partial charge is 0.332 e. The first-order chi connectivity index (χ1) is 16.3. The van der Waals surface area contributed by atoms with Gasteiger partial charge in [0.25, 0.3) is 11.1 Å². The lowest BCUT2D eigenvalue weighted by Crippen LogP contribution is -2.38. The van der Waals surface area contributed by atoms with Gasteiger partial charge in [0.2, 0.25) is 11.7 Å². The maximum atomic E-state index is 13.6. The van der Waals surface area contributed by atoms with E-state index >= 15 is 0 Å². The van der Waals surface area contributed by atoms with Gasteiger partial charge >= 0.3 is 5.69 Å². The maximum Gasteiger partial charge on any atom is 0.332 e. The van der Waals surface area contributed by atoms with Crippen LogP contribution in [0, 0.1) is 5.82 Å². The average molecular weight is 461 g/mol. The van der Waals surface area contributed by atoms with Crippen LogP contribution in [0.25, 0.3) is 16.9 Å². The van der Waals surface area contributed by atoms with Crippen LogP contribution in [0.15, 0.2) is 69.0 Å². The number of fused-ring (bicyclic) bond motifs is 3. The standard InChI is InChI=1S/C24H20FN5O4/c1-27-19-18(22(33)28(2)24(27)34)30-21(32)17(12-14-6-4-3-5-7-14)20(31)29(23(30)26-19)13-15-8-10-16(25)11-9-15/h3-11,31H,12-13H2,1-2H3. The molecule has 0 saturated heterocycles. The van der Waals surface area contributed by atoms with Crippen LogP contribution in [0.4, 0.5) is 4.39 Å². The first-order valence-corrected chi connectivity index (χ1v) is 10.5. The fraction of sp³-hybridized carbons (Fsp3) is 0.167. The third-order valence-electron chi connectivity index (χ3n) is 5.95. The number of benzene rings is 2. The molecule has 0 spiro atoms. The Morgan fingerprint density at radius 3 is 2.24 bits per heavy atom. The Balaban J connectivity index is 1.89. The van der Waals surface area contributed by atoms with Gasteiger partial charge in [-0.15, -0.1) is 0 Å². The Kier molecular flexibility index (Phi) is 4.93. The fourth-order valence-corrected chi connectivity index (χ4v) is 4.12. The van der Waals surface area contributed by atoms with E-state index in [0.717, 1.165) is 14.5 Å². The van der Waals surface area contributed by atoms with E-state index < -0.39 is 22.6 Å². The number of rotatable bonds is 4. The molecule has 0 aliphatic carbocycles. The monoisotopic (exact) mass is 461 g/mol. The highest BCUT2D eigenvalue weighted by Crippen LogP contribution is 2.23. The quantitative estimate of drug-likeness (QED) is 0.437. The van der Waals surface area contributed by atoms with Crippen molar-refractivity contribution in [3.05, 3.63) is 108 Å². The molecule has 5 aromatic rings. The summed E-state index contributed by atoms with van der Waals surface area (Å²) in [6.07, 6.45) is 0.108. The zero-order valence-corrected chi connectivity index (χ0v) is 18.4. The van der Waals surface area contributed by atoms with E-state index in [1.54, 1.807) is 12.1 Å². The molecule has 0 bridgehead atoms. The predicted molar refractivity (Wildman–Crippen MR) is 124 cm³/mol. The molecule has 0 unspecified atom stereocenters. The van der Waals surface area contributed by atoms with E-state index in [0.29, 0.717) is 5.56 Å². The second-order valence-electron chi connectivity index (χ2n) is 8.11. The van der Waals surface area contributed by atoms with E-state index in [2.05, 4.69) is 4.98 Å². The van der Waals surface area contributed by atoms with Gasteiger partial charge in [-0.1, -0.05) is 42.5 Å². The third-order valence-corrected chi connectivity index (χ3v) is 5.95. The molecule has 3 aromatic heterocycles. The highest BCUT2D eigenvalue weighted by atomic mass is 19.1. The van der Waals surface area contributed by atoms with Crippen molar-refractivity contribution in [2.24, 2.45) is 14.1 Å². The zero-order chi connectivity index (χ0) is 24.1. The Morgan fingerprint density at radius 1 is 0.882 bits per heavy atom. The van der Waals surface area contributed by atoms with E-state index in [1.165, 1.54) is 35.4 Å². The van der Waals surface area contributed by atoms with Crippen molar-refractivity contribution in [1.82, 2.24) is 23.1 Å². The molecule has 172 valence electrons. The summed E-state index contributed by atoms with van der Waals surface area (Å²) < 4.78 is 18.0. The number of hydrogen-bond acceptors (Lipinski definition) is 5. The van der Waals surface area contributed by atoms with Crippen molar-refractivity contribution in [1.29, 1.82) is 0 Å². The lowest BCUT2D eigenvalue weighted by molar-refractivity contribution is 0.413. The minimum Gasteiger partial charge on any atom is -0.494 e. The molecule has 0 saturated carbocycles. The van der Waals surface area contributed by atoms with Crippen LogP contribution >= 0.6 is 0 Å². The molecule has 0 radical (unpaired) electrons. The van der Waals surface area contributed by atoms with Crippen LogP contribution in [0.1, 0.15) is 16.7 Å². The molecule has 3 heterocycles. The van der Waals surface area contributed by atoms with Crippen molar-refractivity contribution >= 4 is 16.9 Å². The number of halogens is 1. The molecular weight excluding hydrogens is 441 g/mol. The Morgan fingerprint density at radius 2 is 1.56 bits per heavy atom. The van der Waals surface area contributed by atoms with Crippen LogP contribution < -0.4 is 16.8 Å². The second kappa shape index (κ2) is 7.84. The van der Waals surface area contributed by atoms with E-state index in [9.17, 15) is 23.9 Å². The molecule has 2 aromatic carbocycles. The molecule has 0 fully saturated rings. The lowest BCUT2D eigenvalue weighted by atomic mass is 10.1. The molecule has 0 aliphatic heterocycles. The number of aryl methyl sites for hydroxylation is 1. The topological polar surface area (TPSA) is 104 Å². The normalized spacial score (nSPS) is 11.5. The van der Waals surface area contributed by atoms with Gasteiger partial charge in [-0.25, -0.2) is 13.6 Å². The fourth-order valence-electron chi connectivity index (χ4n) is 4.12. The summed E-state index contributed by atoms with van der Waals surface area (Å²) in [7, 11) is 2.78. The Hall–Kier alpha value is -4.47. The highest BCUT2D eigenvalue weighted by Gasteiger charge is 2.24. The molecule has 34 heavy (non-hydrogen) atoms. The minimum absolute atomic E-state index is 0.00284. The van der Waals surface area contributed by atoms with Gasteiger partial charge in [0.1, 0.15) is 5.82 Å². The number of imidazole rings is 1. The Labute approximate surface area is 191 Å². The number of hydrogen-bond donors (Lipinski definition) is 1. The lowest BCUT2D eigenvalue weighted by Gasteiger charge is -2.15. The van der Waals surface area contributed by atoms with Crippen LogP contribution in [0.5, 0.6) is 5.88 Å². The minimum atomic E-state index is -0.674. The molecule has 9 nitrogen and oxygen atoms in total. The van der Waals surface area contributed by atoms with Crippen molar-refractivity contribution in [2.45, 2.75) is 13.0 Å². The summed E-state index contributed by atoms with van der Waals surface area (Å²) in [5.41, 5.74) is -0.421. The van der Waals surface area contributed by atoms with Gasteiger partial charge in [0.05, 0.1) is 12.1 Å². The first-order valence-electron chi connectivity index (χ1n) is 10.5. The maximum absolute atomic E-state index is 13.6. The summed E-state index contributed by atoms with van der Waals surface area (Å²) in [4.78, 5) is 43.5. The van der Waals surface area contributed by atoms with Gasteiger partial charge < -0.3 is 5.11 Å².